The molecule has 54 valence electrons. The van der Waals surface area contributed by atoms with E-state index in [9.17, 15) is 5.11 Å². The Hall–Kier alpha value is 0.137. The lowest BCUT2D eigenvalue weighted by Gasteiger charge is -2.36. The number of aliphatic hydroxyl groups is 2. The minimum absolute atomic E-state index is 0.0378. The van der Waals surface area contributed by atoms with Gasteiger partial charge < -0.3 is 10.2 Å². The maximum atomic E-state index is 9.45. The lowest BCUT2D eigenvalue weighted by molar-refractivity contribution is 0.0633. The Morgan fingerprint density at radius 3 is 2.22 bits per heavy atom. The molecule has 0 aromatic carbocycles. The first-order valence-corrected chi connectivity index (χ1v) is 5.71. The van der Waals surface area contributed by atoms with Crippen LogP contribution in [0.1, 0.15) is 13.3 Å². The molecule has 0 aromatic rings. The molecule has 0 spiro atoms. The second-order valence-corrected chi connectivity index (χ2v) is 6.94. The van der Waals surface area contributed by atoms with Crippen molar-refractivity contribution in [1.29, 1.82) is 0 Å². The van der Waals surface area contributed by atoms with E-state index in [1.54, 1.807) is 6.92 Å². The van der Waals surface area contributed by atoms with Crippen LogP contribution in [0.5, 0.6) is 0 Å². The predicted molar refractivity (Wildman–Crippen MR) is 39.1 cm³/mol. The fourth-order valence-electron chi connectivity index (χ4n) is 1.16. The average Bonchev–Trinajstić information content (AvgIpc) is 1.60. The molecule has 1 atom stereocenters. The molecule has 1 fully saturated rings. The second-order valence-electron chi connectivity index (χ2n) is 3.14. The third-order valence-electron chi connectivity index (χ3n) is 2.30. The van der Waals surface area contributed by atoms with Gasteiger partial charge in [-0.05, 0) is 6.92 Å². The van der Waals surface area contributed by atoms with Gasteiger partial charge in [0, 0.05) is 0 Å². The first-order valence-electron chi connectivity index (χ1n) is 3.50. The zero-order chi connectivity index (χ0) is 6.91. The predicted octanol–water partition coefficient (Wildman–Crippen LogP) is -0.100. The Labute approximate surface area is 57.1 Å². The van der Waals surface area contributed by atoms with Crippen molar-refractivity contribution >= 4 is 8.80 Å². The molecule has 1 heterocycles. The first kappa shape index (κ1) is 7.25. The van der Waals surface area contributed by atoms with Crippen LogP contribution in [0.3, 0.4) is 0 Å². The molecule has 0 aliphatic carbocycles. The fraction of sp³-hybridized carbons (Fsp3) is 1.00. The van der Waals surface area contributed by atoms with Gasteiger partial charge >= 0.3 is 0 Å². The molecule has 0 bridgehead atoms. The van der Waals surface area contributed by atoms with Crippen molar-refractivity contribution in [3.63, 3.8) is 0 Å². The molecular weight excluding hydrogens is 132 g/mol. The van der Waals surface area contributed by atoms with Crippen LogP contribution >= 0.6 is 0 Å². The van der Waals surface area contributed by atoms with Crippen LogP contribution in [-0.2, 0) is 0 Å². The standard InChI is InChI=1S/C6H14O2Si/c1-6(8,5-7)9-3-2-4-9/h7-9H,2-5H2,1H3. The van der Waals surface area contributed by atoms with Crippen molar-refractivity contribution < 1.29 is 10.2 Å². The molecule has 1 saturated heterocycles. The molecular formula is C6H14O2Si. The topological polar surface area (TPSA) is 40.5 Å². The molecule has 1 aliphatic heterocycles. The van der Waals surface area contributed by atoms with Gasteiger partial charge in [0.15, 0.2) is 0 Å². The van der Waals surface area contributed by atoms with Gasteiger partial charge in [-0.2, -0.15) is 0 Å². The molecule has 0 amide bonds. The van der Waals surface area contributed by atoms with E-state index in [-0.39, 0.29) is 6.61 Å². The Bertz CT molecular complexity index is 99.2. The van der Waals surface area contributed by atoms with Crippen molar-refractivity contribution in [3.8, 4) is 0 Å². The SMILES string of the molecule is CC(O)(CO)[SiH]1CCC1. The van der Waals surface area contributed by atoms with Crippen LogP contribution in [0, 0.1) is 0 Å². The summed E-state index contributed by atoms with van der Waals surface area (Å²) in [5.74, 6) is 0. The summed E-state index contributed by atoms with van der Waals surface area (Å²) in [7, 11) is -0.904. The summed E-state index contributed by atoms with van der Waals surface area (Å²) in [5.41, 5.74) is 0. The van der Waals surface area contributed by atoms with Crippen molar-refractivity contribution in [1.82, 2.24) is 0 Å². The lowest BCUT2D eigenvalue weighted by Crippen LogP contribution is -2.49. The van der Waals surface area contributed by atoms with Crippen LogP contribution < -0.4 is 0 Å². The van der Waals surface area contributed by atoms with Crippen molar-refractivity contribution in [2.45, 2.75) is 30.7 Å². The molecule has 1 aliphatic rings. The van der Waals surface area contributed by atoms with Gasteiger partial charge in [0.1, 0.15) is 0 Å². The van der Waals surface area contributed by atoms with Crippen LogP contribution in [0.15, 0.2) is 0 Å². The van der Waals surface area contributed by atoms with Crippen LogP contribution in [-0.4, -0.2) is 30.8 Å². The Kier molecular flexibility index (Phi) is 1.93. The number of hydrogen-bond acceptors (Lipinski definition) is 2. The molecule has 2 N–H and O–H groups in total. The molecule has 0 aromatic heterocycles. The van der Waals surface area contributed by atoms with Crippen LogP contribution in [0.25, 0.3) is 0 Å². The Balaban J connectivity index is 2.37. The minimum Gasteiger partial charge on any atom is -0.394 e. The Morgan fingerprint density at radius 2 is 2.11 bits per heavy atom. The number of hydrogen-bond donors (Lipinski definition) is 2. The third-order valence-corrected chi connectivity index (χ3v) is 6.46. The van der Waals surface area contributed by atoms with Crippen molar-refractivity contribution in [2.24, 2.45) is 0 Å². The van der Waals surface area contributed by atoms with E-state index in [1.807, 2.05) is 0 Å². The summed E-state index contributed by atoms with van der Waals surface area (Å²) in [4.78, 5) is 0. The highest BCUT2D eigenvalue weighted by Crippen LogP contribution is 2.28. The largest absolute Gasteiger partial charge is 0.394 e. The molecule has 2 nitrogen and oxygen atoms in total. The number of aliphatic hydroxyl groups excluding tert-OH is 1. The minimum atomic E-state index is -0.904. The van der Waals surface area contributed by atoms with Gasteiger partial charge in [0.2, 0.25) is 0 Å². The van der Waals surface area contributed by atoms with Gasteiger partial charge in [-0.25, -0.2) is 0 Å². The maximum absolute atomic E-state index is 9.45. The highest BCUT2D eigenvalue weighted by Gasteiger charge is 2.36. The lowest BCUT2D eigenvalue weighted by atomic mass is 10.4. The molecule has 1 rings (SSSR count). The third kappa shape index (κ3) is 1.34. The zero-order valence-electron chi connectivity index (χ0n) is 5.80. The molecule has 0 radical (unpaired) electrons. The van der Waals surface area contributed by atoms with E-state index >= 15 is 0 Å². The normalized spacial score (nSPS) is 27.0. The van der Waals surface area contributed by atoms with Crippen LogP contribution in [0.4, 0.5) is 0 Å². The fourth-order valence-corrected chi connectivity index (χ4v) is 3.48. The second kappa shape index (κ2) is 2.40. The zero-order valence-corrected chi connectivity index (χ0v) is 6.95. The quantitative estimate of drug-likeness (QED) is 0.534. The van der Waals surface area contributed by atoms with Crippen LogP contribution in [0.2, 0.25) is 12.1 Å². The van der Waals surface area contributed by atoms with Gasteiger partial charge in [-0.15, -0.1) is 0 Å². The van der Waals surface area contributed by atoms with E-state index in [0.717, 1.165) is 0 Å². The highest BCUT2D eigenvalue weighted by molar-refractivity contribution is 6.64. The number of rotatable bonds is 2. The molecule has 9 heavy (non-hydrogen) atoms. The summed E-state index contributed by atoms with van der Waals surface area (Å²) in [5, 5.41) is 17.5. The van der Waals surface area contributed by atoms with E-state index in [0.29, 0.717) is 0 Å². The van der Waals surface area contributed by atoms with Gasteiger partial charge in [0.25, 0.3) is 0 Å². The van der Waals surface area contributed by atoms with E-state index in [1.165, 1.54) is 18.5 Å². The summed E-state index contributed by atoms with van der Waals surface area (Å²) in [6.45, 7) is 1.73. The van der Waals surface area contributed by atoms with Crippen molar-refractivity contribution in [3.05, 3.63) is 0 Å². The van der Waals surface area contributed by atoms with Gasteiger partial charge in [-0.3, -0.25) is 0 Å². The smallest absolute Gasteiger partial charge is 0.0778 e. The maximum Gasteiger partial charge on any atom is 0.0778 e. The first-order chi connectivity index (χ1) is 4.17. The van der Waals surface area contributed by atoms with E-state index < -0.39 is 14.0 Å². The highest BCUT2D eigenvalue weighted by atomic mass is 28.3. The van der Waals surface area contributed by atoms with Gasteiger partial charge in [0.05, 0.1) is 20.6 Å². The summed E-state index contributed by atoms with van der Waals surface area (Å²) in [6, 6.07) is 2.43. The molecule has 3 heteroatoms. The summed E-state index contributed by atoms with van der Waals surface area (Å²) in [6.07, 6.45) is 1.27. The van der Waals surface area contributed by atoms with E-state index in [4.69, 9.17) is 5.11 Å². The monoisotopic (exact) mass is 146 g/mol. The summed E-state index contributed by atoms with van der Waals surface area (Å²) >= 11 is 0. The van der Waals surface area contributed by atoms with E-state index in [2.05, 4.69) is 0 Å². The van der Waals surface area contributed by atoms with Gasteiger partial charge in [-0.1, -0.05) is 18.5 Å². The summed E-state index contributed by atoms with van der Waals surface area (Å²) < 4.78 is 0. The molecule has 1 unspecified atom stereocenters. The average molecular weight is 146 g/mol. The Morgan fingerprint density at radius 1 is 1.56 bits per heavy atom. The molecule has 0 saturated carbocycles. The van der Waals surface area contributed by atoms with Crippen molar-refractivity contribution in [2.75, 3.05) is 6.61 Å².